The third-order valence-corrected chi connectivity index (χ3v) is 37.9. The Hall–Kier alpha value is -9.97. The van der Waals surface area contributed by atoms with E-state index in [0.717, 1.165) is 174 Å². The summed E-state index contributed by atoms with van der Waals surface area (Å²) in [7, 11) is 1.68. The van der Waals surface area contributed by atoms with Crippen LogP contribution in [0.15, 0.2) is 221 Å². The van der Waals surface area contributed by atoms with Crippen molar-refractivity contribution >= 4 is 201 Å². The molecule has 0 fully saturated rings. The summed E-state index contributed by atoms with van der Waals surface area (Å²) in [6.07, 6.45) is 40.1. The van der Waals surface area contributed by atoms with E-state index < -0.39 is 11.6 Å². The fourth-order valence-corrected chi connectivity index (χ4v) is 28.5. The summed E-state index contributed by atoms with van der Waals surface area (Å²) in [6, 6.07) is 39.1. The van der Waals surface area contributed by atoms with Crippen LogP contribution in [0.25, 0.3) is 0 Å². The van der Waals surface area contributed by atoms with E-state index in [0.29, 0.717) is 75.2 Å². The highest BCUT2D eigenvalue weighted by atomic mass is 79.9. The summed E-state index contributed by atoms with van der Waals surface area (Å²) in [6.45, 7) is 37.9. The fraction of sp³-hybridized carbons (Fsp3) is 0.390. The van der Waals surface area contributed by atoms with E-state index in [2.05, 4.69) is 183 Å². The van der Waals surface area contributed by atoms with Crippen LogP contribution in [0.3, 0.4) is 0 Å². The normalized spacial score (nSPS) is 13.5. The molecule has 0 aliphatic heterocycles. The molecule has 0 radical (unpaired) electrons. The van der Waals surface area contributed by atoms with Gasteiger partial charge in [0.25, 0.3) is 0 Å². The number of nitrogens with zero attached hydrogens (tertiary/aromatic N) is 12. The molecule has 18 rings (SSSR count). The largest absolute Gasteiger partial charge is 0.496 e. The Labute approximate surface area is 938 Å². The van der Waals surface area contributed by atoms with Gasteiger partial charge in [-0.3, -0.25) is 58.2 Å². The maximum atomic E-state index is 13.8. The molecule has 0 bridgehead atoms. The first-order valence-corrected chi connectivity index (χ1v) is 61.0. The number of hydrogen-bond donors (Lipinski definition) is 0. The molecule has 150 heavy (non-hydrogen) atoms. The molecule has 32 heteroatoms. The number of rotatable bonds is 37. The Morgan fingerprint density at radius 2 is 0.720 bits per heavy atom. The number of carbonyl (C=O) groups is 6. The van der Waals surface area contributed by atoms with Gasteiger partial charge in [0.05, 0.1) is 58.0 Å². The van der Waals surface area contributed by atoms with Crippen LogP contribution >= 0.6 is 135 Å². The third kappa shape index (κ3) is 33.3. The Balaban J connectivity index is 0.000000150. The predicted molar refractivity (Wildman–Crippen MR) is 634 cm³/mol. The highest BCUT2D eigenvalue weighted by Crippen LogP contribution is 2.42. The standard InChI is InChI=1S/C21H26N2O2S.C20H23BrN2OS.C20H24N2OS2.C19H21BrN2OS2.C19H20F2N2OS.C19H22N2OS2/c1-4-14-23(21-22-17-10-5-6-11-18(17)26-21)19(24)13-12-16-9-7-8-15(2)20(16)25-3;1-3-12-23(20-22-17-6-4-5-7-18(17)25-20)19(24)11-10-15-9-8-14(2)16(21)13-15;1-4-13-22(20-21-17-7-5-6-8-18(17)25-20)19(23)15(3)24-16-11-9-14(2)10-12-16;1-3-10-22(19-21-15-6-4-5-7-17(15)25-19)18(23)12-24-16-9-8-14(20)11-13(16)2;1-2-12-23(19-22-15-8-3-4-9-16(15)25-19)17(24)11-10-13-6-5-7-14(20)18(13)21;1-3-12-21(19-20-16-6-4-5-7-17(16)24-19)18(22)13-23-15-10-8-14(2)9-11-15/h4,7-9H,1,5-6,10-14H2,2-3H3;3,8-9,13H,1,4-7,10-12H2,2H3;4,9-12,15H,1,5-8,13H2,2-3H3;3,8-9,11H,1,4-7,10,12H2,2H3;2,5-7H,1,3-4,8-12H2;3,8-11H,1,4-7,12-13H2,2H3. The summed E-state index contributed by atoms with van der Waals surface area (Å²) < 4.78 is 34.7. The molecular formula is C118H136Br2F2N12O7S9. The summed E-state index contributed by atoms with van der Waals surface area (Å²) in [5, 5.41) is 4.65. The number of fused-ring (bicyclic) bond motifs is 6. The van der Waals surface area contributed by atoms with E-state index in [-0.39, 0.29) is 59.1 Å². The highest BCUT2D eigenvalue weighted by molar-refractivity contribution is 9.10. The van der Waals surface area contributed by atoms with E-state index in [1.54, 1.807) is 176 Å². The van der Waals surface area contributed by atoms with Gasteiger partial charge in [0, 0.05) is 111 Å². The van der Waals surface area contributed by atoms with Gasteiger partial charge < -0.3 is 4.74 Å². The van der Waals surface area contributed by atoms with Gasteiger partial charge in [-0.1, -0.05) is 146 Å². The monoisotopic (exact) mass is 2320 g/mol. The lowest BCUT2D eigenvalue weighted by molar-refractivity contribution is -0.119. The van der Waals surface area contributed by atoms with Crippen molar-refractivity contribution in [2.75, 3.05) is 87.3 Å². The van der Waals surface area contributed by atoms with Crippen LogP contribution in [-0.4, -0.2) is 128 Å². The number of methoxy groups -OCH3 is 1. The average Bonchev–Trinajstić information content (AvgIpc) is 1.68. The molecule has 6 aliphatic rings. The number of hydrogen-bond acceptors (Lipinski definition) is 22. The lowest BCUT2D eigenvalue weighted by Gasteiger charge is -2.22. The number of halogens is 4. The molecule has 0 saturated carbocycles. The summed E-state index contributed by atoms with van der Waals surface area (Å²) >= 11 is 21.7. The first-order valence-electron chi connectivity index (χ1n) is 51.7. The number of anilines is 6. The fourth-order valence-electron chi connectivity index (χ4n) is 18.0. The van der Waals surface area contributed by atoms with Gasteiger partial charge in [-0.2, -0.15) is 0 Å². The van der Waals surface area contributed by atoms with Crippen molar-refractivity contribution in [3.8, 4) is 5.75 Å². The van der Waals surface area contributed by atoms with Gasteiger partial charge >= 0.3 is 0 Å². The van der Waals surface area contributed by atoms with Crippen LogP contribution in [0.1, 0.15) is 211 Å². The van der Waals surface area contributed by atoms with E-state index in [4.69, 9.17) is 29.7 Å². The number of carbonyl (C=O) groups excluding carboxylic acids is 6. The molecule has 792 valence electrons. The molecule has 6 amide bonds. The zero-order valence-electron chi connectivity index (χ0n) is 87.1. The third-order valence-electron chi connectivity index (χ3n) is 26.2. The smallest absolute Gasteiger partial charge is 0.242 e. The highest BCUT2D eigenvalue weighted by Gasteiger charge is 2.32. The van der Waals surface area contributed by atoms with Crippen LogP contribution in [-0.2, 0) is 125 Å². The minimum absolute atomic E-state index is 0.0818. The predicted octanol–water partition coefficient (Wildman–Crippen LogP) is 29.3. The molecule has 12 aromatic rings. The van der Waals surface area contributed by atoms with Crippen molar-refractivity contribution in [1.29, 1.82) is 0 Å². The van der Waals surface area contributed by atoms with Gasteiger partial charge in [-0.15, -0.1) is 143 Å². The van der Waals surface area contributed by atoms with Crippen molar-refractivity contribution in [1.82, 2.24) is 29.9 Å². The first-order chi connectivity index (χ1) is 72.6. The van der Waals surface area contributed by atoms with Gasteiger partial charge in [0.1, 0.15) is 5.75 Å². The molecule has 6 aliphatic carbocycles. The average molecular weight is 2320 g/mol. The van der Waals surface area contributed by atoms with Crippen LogP contribution in [0, 0.1) is 46.3 Å². The zero-order valence-corrected chi connectivity index (χ0v) is 97.6. The van der Waals surface area contributed by atoms with Crippen LogP contribution in [0.5, 0.6) is 5.75 Å². The summed E-state index contributed by atoms with van der Waals surface area (Å²) in [5.41, 5.74) is 15.4. The Morgan fingerprint density at radius 1 is 0.380 bits per heavy atom. The molecular weight excluding hydrogens is 2180 g/mol. The molecule has 6 aromatic carbocycles. The first kappa shape index (κ1) is 117. The van der Waals surface area contributed by atoms with Crippen molar-refractivity contribution in [2.24, 2.45) is 0 Å². The van der Waals surface area contributed by atoms with Crippen LogP contribution in [0.2, 0.25) is 0 Å². The van der Waals surface area contributed by atoms with Crippen LogP contribution in [0.4, 0.5) is 39.6 Å². The second kappa shape index (κ2) is 59.5. The quantitative estimate of drug-likeness (QED) is 0.0262. The maximum Gasteiger partial charge on any atom is 0.242 e. The molecule has 1 atom stereocenters. The lowest BCUT2D eigenvalue weighted by Crippen LogP contribution is -2.36. The Kier molecular flexibility index (Phi) is 46.4. The molecule has 1 unspecified atom stereocenters. The lowest BCUT2D eigenvalue weighted by atomic mass is 10.0. The van der Waals surface area contributed by atoms with Crippen molar-refractivity contribution in [2.45, 2.75) is 254 Å². The minimum Gasteiger partial charge on any atom is -0.496 e. The summed E-state index contributed by atoms with van der Waals surface area (Å²) in [5.74, 6) is 0.233. The van der Waals surface area contributed by atoms with E-state index in [1.165, 1.54) is 162 Å². The SMILES string of the molecule is C=CCN(C(=O)C(C)Sc1ccc(C)cc1)c1nc2c(s1)CCCC2.C=CCN(C(=O)CCc1ccc(C)c(Br)c1)c1nc2c(s1)CCCC2.C=CCN(C(=O)CCc1cccc(C)c1OC)c1nc2c(s1)CCCC2.C=CCN(C(=O)CCc1cccc(F)c1F)c1nc2c(s1)CCCC2.C=CCN(C(=O)CSc1ccc(Br)cc1C)c1nc2c(s1)CCCC2.C=CCN(C(=O)CSc1ccc(C)cc1)c1nc2c(s1)CCCC2. The van der Waals surface area contributed by atoms with Crippen LogP contribution < -0.4 is 34.1 Å². The van der Waals surface area contributed by atoms with Crippen molar-refractivity contribution in [3.05, 3.63) is 326 Å². The van der Waals surface area contributed by atoms with Crippen molar-refractivity contribution < 1.29 is 42.3 Å². The molecule has 6 aromatic heterocycles. The second-order valence-corrected chi connectivity index (χ2v) is 49.2. The number of para-hydroxylation sites is 1. The van der Waals surface area contributed by atoms with Crippen molar-refractivity contribution in [3.63, 3.8) is 0 Å². The van der Waals surface area contributed by atoms with Gasteiger partial charge in [-0.05, 0) is 303 Å². The molecule has 0 saturated heterocycles. The Morgan fingerprint density at radius 3 is 1.09 bits per heavy atom. The number of amides is 6. The Bertz CT molecular complexity index is 6530. The number of benzene rings is 6. The van der Waals surface area contributed by atoms with E-state index in [1.807, 2.05) is 38.1 Å². The zero-order chi connectivity index (χ0) is 107. The second-order valence-electron chi connectivity index (χ2n) is 37.6. The molecule has 19 nitrogen and oxygen atoms in total. The molecule has 0 spiro atoms. The number of aryl methyl sites for hydroxylation is 20. The number of aromatic nitrogens is 6. The van der Waals surface area contributed by atoms with E-state index in [9.17, 15) is 37.5 Å². The minimum atomic E-state index is -0.888. The summed E-state index contributed by atoms with van der Waals surface area (Å²) in [4.78, 5) is 127. The molecule has 0 N–H and O–H groups in total. The number of thioether (sulfide) groups is 3. The number of thiazole rings is 6. The van der Waals surface area contributed by atoms with Gasteiger partial charge in [0.15, 0.2) is 42.4 Å². The van der Waals surface area contributed by atoms with Gasteiger partial charge in [-0.25, -0.2) is 38.7 Å². The molecule has 6 heterocycles. The maximum absolute atomic E-state index is 13.8. The number of ether oxygens (including phenoxy) is 1. The van der Waals surface area contributed by atoms with E-state index >= 15 is 0 Å². The topological polar surface area (TPSA) is 208 Å². The van der Waals surface area contributed by atoms with Gasteiger partial charge in [0.2, 0.25) is 35.4 Å².